The fourth-order valence-electron chi connectivity index (χ4n) is 3.60. The molecule has 0 spiro atoms. The van der Waals surface area contributed by atoms with Crippen LogP contribution in [0.15, 0.2) is 47.7 Å². The van der Waals surface area contributed by atoms with Gasteiger partial charge in [-0.05, 0) is 56.9 Å². The van der Waals surface area contributed by atoms with Gasteiger partial charge in [-0.1, -0.05) is 24.3 Å². The van der Waals surface area contributed by atoms with E-state index >= 15 is 0 Å². The largest absolute Gasteiger partial charge is 0.357 e. The van der Waals surface area contributed by atoms with Gasteiger partial charge in [0.15, 0.2) is 5.96 Å². The third-order valence-corrected chi connectivity index (χ3v) is 5.21. The molecular formula is C23H33N7. The average molecular weight is 408 g/mol. The number of aryl methyl sites for hydroxylation is 2. The monoisotopic (exact) mass is 407 g/mol. The van der Waals surface area contributed by atoms with Gasteiger partial charge in [0.2, 0.25) is 0 Å². The van der Waals surface area contributed by atoms with Crippen molar-refractivity contribution < 1.29 is 0 Å². The second-order valence-electron chi connectivity index (χ2n) is 7.74. The number of nitrogens with one attached hydrogen (secondary N) is 2. The number of hydrogen-bond acceptors (Lipinski definition) is 3. The summed E-state index contributed by atoms with van der Waals surface area (Å²) in [5, 5.41) is 15.7. The van der Waals surface area contributed by atoms with Crippen molar-refractivity contribution in [2.24, 2.45) is 12.0 Å². The normalized spacial score (nSPS) is 12.8. The van der Waals surface area contributed by atoms with Crippen molar-refractivity contribution in [1.29, 1.82) is 0 Å². The minimum Gasteiger partial charge on any atom is -0.357 e. The maximum Gasteiger partial charge on any atom is 0.191 e. The molecule has 0 radical (unpaired) electrons. The molecule has 1 atom stereocenters. The van der Waals surface area contributed by atoms with Crippen molar-refractivity contribution in [2.45, 2.75) is 53.2 Å². The zero-order valence-electron chi connectivity index (χ0n) is 18.7. The maximum atomic E-state index is 4.80. The molecular weight excluding hydrogens is 374 g/mol. The van der Waals surface area contributed by atoms with Crippen LogP contribution in [0.25, 0.3) is 0 Å². The van der Waals surface area contributed by atoms with E-state index in [0.717, 1.165) is 31.2 Å². The fraction of sp³-hybridized carbons (Fsp3) is 0.435. The van der Waals surface area contributed by atoms with Gasteiger partial charge in [-0.3, -0.25) is 9.36 Å². The van der Waals surface area contributed by atoms with Crippen LogP contribution in [0, 0.1) is 13.8 Å². The first-order valence-electron chi connectivity index (χ1n) is 10.6. The van der Waals surface area contributed by atoms with Crippen LogP contribution in [-0.4, -0.2) is 38.1 Å². The zero-order chi connectivity index (χ0) is 21.5. The first-order valence-corrected chi connectivity index (χ1v) is 10.6. The van der Waals surface area contributed by atoms with Crippen molar-refractivity contribution in [3.05, 3.63) is 70.8 Å². The second kappa shape index (κ2) is 10.1. The summed E-state index contributed by atoms with van der Waals surface area (Å²) in [5.41, 5.74) is 6.03. The van der Waals surface area contributed by atoms with Gasteiger partial charge >= 0.3 is 0 Å². The van der Waals surface area contributed by atoms with Crippen LogP contribution in [0.2, 0.25) is 0 Å². The highest BCUT2D eigenvalue weighted by Gasteiger charge is 2.14. The van der Waals surface area contributed by atoms with Gasteiger partial charge in [-0.15, -0.1) is 0 Å². The van der Waals surface area contributed by atoms with Crippen LogP contribution in [0.3, 0.4) is 0 Å². The van der Waals surface area contributed by atoms with Crippen molar-refractivity contribution in [2.75, 3.05) is 6.54 Å². The summed E-state index contributed by atoms with van der Waals surface area (Å²) in [7, 11) is 2.00. The topological polar surface area (TPSA) is 72.1 Å². The van der Waals surface area contributed by atoms with Crippen LogP contribution in [0.1, 0.15) is 41.9 Å². The van der Waals surface area contributed by atoms with E-state index in [1.54, 1.807) is 6.20 Å². The van der Waals surface area contributed by atoms with E-state index in [2.05, 4.69) is 72.8 Å². The van der Waals surface area contributed by atoms with Crippen LogP contribution < -0.4 is 10.6 Å². The highest BCUT2D eigenvalue weighted by Crippen LogP contribution is 2.14. The first kappa shape index (κ1) is 21.6. The van der Waals surface area contributed by atoms with E-state index in [4.69, 9.17) is 4.99 Å². The lowest BCUT2D eigenvalue weighted by atomic mass is 10.1. The Bertz CT molecular complexity index is 970. The van der Waals surface area contributed by atoms with E-state index in [1.807, 2.05) is 28.7 Å². The zero-order valence-corrected chi connectivity index (χ0v) is 18.7. The molecule has 0 aliphatic carbocycles. The molecule has 1 aromatic carbocycles. The Labute approximate surface area is 179 Å². The van der Waals surface area contributed by atoms with Crippen molar-refractivity contribution in [1.82, 2.24) is 30.2 Å². The lowest BCUT2D eigenvalue weighted by Crippen LogP contribution is -2.43. The third kappa shape index (κ3) is 5.72. The number of aromatic nitrogens is 4. The summed E-state index contributed by atoms with van der Waals surface area (Å²) < 4.78 is 3.88. The quantitative estimate of drug-likeness (QED) is 0.445. The maximum absolute atomic E-state index is 4.80. The molecule has 2 aromatic heterocycles. The van der Waals surface area contributed by atoms with E-state index < -0.39 is 0 Å². The van der Waals surface area contributed by atoms with Gasteiger partial charge in [0, 0.05) is 37.7 Å². The Morgan fingerprint density at radius 1 is 1.20 bits per heavy atom. The summed E-state index contributed by atoms with van der Waals surface area (Å²) in [6.07, 6.45) is 4.69. The summed E-state index contributed by atoms with van der Waals surface area (Å²) >= 11 is 0. The van der Waals surface area contributed by atoms with Crippen molar-refractivity contribution in [3.8, 4) is 0 Å². The Morgan fingerprint density at radius 2 is 2.00 bits per heavy atom. The van der Waals surface area contributed by atoms with E-state index in [0.29, 0.717) is 6.54 Å². The minimum absolute atomic E-state index is 0.246. The molecule has 7 heteroatoms. The van der Waals surface area contributed by atoms with Gasteiger partial charge in [0.1, 0.15) is 0 Å². The molecule has 0 aliphatic rings. The van der Waals surface area contributed by atoms with Crippen LogP contribution in [0.4, 0.5) is 0 Å². The number of aliphatic imine (C=N–C) groups is 1. The fourth-order valence-corrected chi connectivity index (χ4v) is 3.60. The standard InChI is InChI=1S/C23H33N7/c1-6-24-23(27-17(2)13-22-18(3)28-29(5)19(22)4)25-15-20-9-7-10-21(14-20)16-30-12-8-11-26-30/h7-12,14,17H,6,13,15-16H2,1-5H3,(H2,24,25,27). The Hall–Kier alpha value is -3.09. The third-order valence-electron chi connectivity index (χ3n) is 5.21. The molecule has 2 N–H and O–H groups in total. The smallest absolute Gasteiger partial charge is 0.191 e. The molecule has 160 valence electrons. The van der Waals surface area contributed by atoms with Gasteiger partial charge in [-0.25, -0.2) is 4.99 Å². The summed E-state index contributed by atoms with van der Waals surface area (Å²) in [4.78, 5) is 4.80. The van der Waals surface area contributed by atoms with Crippen LogP contribution in [0.5, 0.6) is 0 Å². The molecule has 30 heavy (non-hydrogen) atoms. The summed E-state index contributed by atoms with van der Waals surface area (Å²) in [6.45, 7) is 10.7. The van der Waals surface area contributed by atoms with Gasteiger partial charge in [0.05, 0.1) is 18.8 Å². The molecule has 7 nitrogen and oxygen atoms in total. The first-order chi connectivity index (χ1) is 14.5. The molecule has 0 fully saturated rings. The van der Waals surface area contributed by atoms with Crippen molar-refractivity contribution >= 4 is 5.96 Å². The molecule has 0 saturated heterocycles. The second-order valence-corrected chi connectivity index (χ2v) is 7.74. The molecule has 1 unspecified atom stereocenters. The Morgan fingerprint density at radius 3 is 2.67 bits per heavy atom. The van der Waals surface area contributed by atoms with Crippen LogP contribution in [-0.2, 0) is 26.6 Å². The van der Waals surface area contributed by atoms with Gasteiger partial charge in [-0.2, -0.15) is 10.2 Å². The summed E-state index contributed by atoms with van der Waals surface area (Å²) in [6, 6.07) is 10.7. The number of guanidine groups is 1. The Balaban J connectivity index is 1.64. The number of benzene rings is 1. The van der Waals surface area contributed by atoms with E-state index in [1.165, 1.54) is 22.4 Å². The summed E-state index contributed by atoms with van der Waals surface area (Å²) in [5.74, 6) is 0.835. The molecule has 2 heterocycles. The molecule has 0 amide bonds. The van der Waals surface area contributed by atoms with Gasteiger partial charge < -0.3 is 10.6 Å². The molecule has 0 saturated carbocycles. The highest BCUT2D eigenvalue weighted by molar-refractivity contribution is 5.80. The van der Waals surface area contributed by atoms with E-state index in [9.17, 15) is 0 Å². The van der Waals surface area contributed by atoms with E-state index in [-0.39, 0.29) is 6.04 Å². The molecule has 0 aliphatic heterocycles. The molecule has 3 aromatic rings. The Kier molecular flexibility index (Phi) is 7.27. The van der Waals surface area contributed by atoms with Crippen molar-refractivity contribution in [3.63, 3.8) is 0 Å². The number of nitrogens with zero attached hydrogens (tertiary/aromatic N) is 5. The average Bonchev–Trinajstić information content (AvgIpc) is 3.30. The number of rotatable bonds is 8. The lowest BCUT2D eigenvalue weighted by Gasteiger charge is -2.18. The minimum atomic E-state index is 0.246. The highest BCUT2D eigenvalue weighted by atomic mass is 15.3. The SMILES string of the molecule is CCNC(=NCc1cccc(Cn2cccn2)c1)NC(C)Cc1c(C)nn(C)c1C. The lowest BCUT2D eigenvalue weighted by molar-refractivity contribution is 0.635. The predicted octanol–water partition coefficient (Wildman–Crippen LogP) is 2.97. The molecule has 0 bridgehead atoms. The molecule has 3 rings (SSSR count). The van der Waals surface area contributed by atoms with Gasteiger partial charge in [0.25, 0.3) is 0 Å². The predicted molar refractivity (Wildman–Crippen MR) is 122 cm³/mol. The number of hydrogen-bond donors (Lipinski definition) is 2. The van der Waals surface area contributed by atoms with Crippen LogP contribution >= 0.6 is 0 Å².